The Morgan fingerprint density at radius 1 is 1.21 bits per heavy atom. The third-order valence-electron chi connectivity index (χ3n) is 4.31. The number of hydrogen-bond donors (Lipinski definition) is 1. The Bertz CT molecular complexity index is 901. The largest absolute Gasteiger partial charge is 0.548 e. The molecule has 0 aliphatic carbocycles. The molecule has 0 radical (unpaired) electrons. The summed E-state index contributed by atoms with van der Waals surface area (Å²) in [5.41, 5.74) is 0.842. The number of nitrogens with one attached hydrogen (secondary N) is 1. The predicted octanol–water partition coefficient (Wildman–Crippen LogP) is 1.79. The van der Waals surface area contributed by atoms with Crippen molar-refractivity contribution in [3.8, 4) is 5.75 Å². The Balaban J connectivity index is 2.15. The first kappa shape index (κ1) is 21.5. The molecule has 2 atom stereocenters. The van der Waals surface area contributed by atoms with Gasteiger partial charge in [-0.15, -0.1) is 0 Å². The van der Waals surface area contributed by atoms with Crippen LogP contribution in [0.15, 0.2) is 33.5 Å². The number of rotatable bonds is 9. The number of carboxylic acids is 1. The van der Waals surface area contributed by atoms with E-state index in [1.807, 2.05) is 20.8 Å². The number of benzene rings is 1. The van der Waals surface area contributed by atoms with Crippen molar-refractivity contribution in [2.45, 2.75) is 59.1 Å². The van der Waals surface area contributed by atoms with Crippen LogP contribution in [0.5, 0.6) is 5.75 Å². The number of carbonyl (C=O) groups is 2. The fraction of sp³-hybridized carbons (Fsp3) is 0.476. The third kappa shape index (κ3) is 5.58. The molecular formula is C21H26NO6-. The molecule has 1 heterocycles. The third-order valence-corrected chi connectivity index (χ3v) is 4.31. The number of carbonyl (C=O) groups excluding carboxylic acids is 2. The van der Waals surface area contributed by atoms with Gasteiger partial charge < -0.3 is 24.4 Å². The second kappa shape index (κ2) is 9.39. The van der Waals surface area contributed by atoms with Gasteiger partial charge in [0.15, 0.2) is 6.10 Å². The van der Waals surface area contributed by atoms with E-state index >= 15 is 0 Å². The molecule has 2 rings (SSSR count). The maximum absolute atomic E-state index is 12.3. The van der Waals surface area contributed by atoms with Gasteiger partial charge in [-0.1, -0.05) is 27.2 Å². The second-order valence-electron chi connectivity index (χ2n) is 7.27. The van der Waals surface area contributed by atoms with Crippen LogP contribution in [0, 0.1) is 5.92 Å². The average Bonchev–Trinajstić information content (AvgIpc) is 2.60. The normalized spacial score (nSPS) is 13.3. The van der Waals surface area contributed by atoms with Crippen molar-refractivity contribution in [3.63, 3.8) is 0 Å². The first-order chi connectivity index (χ1) is 13.2. The van der Waals surface area contributed by atoms with Gasteiger partial charge in [0.25, 0.3) is 5.91 Å². The SMILES string of the molecule is CCCc1cc(=O)oc2cc(O[C@H](C)C(=O)N[C@@H](CC(C)C)C(=O)[O-])ccc12. The van der Waals surface area contributed by atoms with Crippen molar-refractivity contribution < 1.29 is 23.8 Å². The topological polar surface area (TPSA) is 109 Å². The van der Waals surface area contributed by atoms with Crippen molar-refractivity contribution >= 4 is 22.8 Å². The number of ether oxygens (including phenoxy) is 1. The smallest absolute Gasteiger partial charge is 0.336 e. The first-order valence-corrected chi connectivity index (χ1v) is 9.46. The minimum absolute atomic E-state index is 0.0835. The molecule has 0 saturated heterocycles. The zero-order chi connectivity index (χ0) is 20.8. The lowest BCUT2D eigenvalue weighted by atomic mass is 10.0. The van der Waals surface area contributed by atoms with Gasteiger partial charge in [-0.3, -0.25) is 4.79 Å². The van der Waals surface area contributed by atoms with E-state index in [0.29, 0.717) is 11.3 Å². The summed E-state index contributed by atoms with van der Waals surface area (Å²) < 4.78 is 10.9. The zero-order valence-electron chi connectivity index (χ0n) is 16.6. The molecule has 0 bridgehead atoms. The van der Waals surface area contributed by atoms with Crippen molar-refractivity contribution in [2.75, 3.05) is 0 Å². The molecule has 1 aromatic carbocycles. The molecule has 2 aromatic rings. The summed E-state index contributed by atoms with van der Waals surface area (Å²) in [4.78, 5) is 35.3. The Morgan fingerprint density at radius 2 is 1.93 bits per heavy atom. The van der Waals surface area contributed by atoms with Gasteiger partial charge in [-0.05, 0) is 43.4 Å². The lowest BCUT2D eigenvalue weighted by Gasteiger charge is -2.23. The van der Waals surface area contributed by atoms with Crippen LogP contribution in [-0.2, 0) is 16.0 Å². The lowest BCUT2D eigenvalue weighted by Crippen LogP contribution is -2.51. The Kier molecular flexibility index (Phi) is 7.20. The molecule has 28 heavy (non-hydrogen) atoms. The van der Waals surface area contributed by atoms with Crippen LogP contribution in [0.25, 0.3) is 11.0 Å². The first-order valence-electron chi connectivity index (χ1n) is 9.46. The van der Waals surface area contributed by atoms with Crippen LogP contribution >= 0.6 is 0 Å². The molecule has 0 spiro atoms. The van der Waals surface area contributed by atoms with E-state index in [1.54, 1.807) is 18.2 Å². The highest BCUT2D eigenvalue weighted by atomic mass is 16.5. The van der Waals surface area contributed by atoms with Gasteiger partial charge in [0.1, 0.15) is 11.3 Å². The summed E-state index contributed by atoms with van der Waals surface area (Å²) in [6, 6.07) is 5.44. The number of fused-ring (bicyclic) bond motifs is 1. The lowest BCUT2D eigenvalue weighted by molar-refractivity contribution is -0.308. The van der Waals surface area contributed by atoms with Crippen LogP contribution in [-0.4, -0.2) is 24.0 Å². The minimum atomic E-state index is -1.33. The van der Waals surface area contributed by atoms with Gasteiger partial charge in [0, 0.05) is 17.5 Å². The molecule has 0 aliphatic heterocycles. The van der Waals surface area contributed by atoms with E-state index < -0.39 is 29.6 Å². The summed E-state index contributed by atoms with van der Waals surface area (Å²) in [7, 11) is 0. The number of aryl methyl sites for hydroxylation is 1. The highest BCUT2D eigenvalue weighted by Gasteiger charge is 2.21. The summed E-state index contributed by atoms with van der Waals surface area (Å²) in [5.74, 6) is -1.46. The van der Waals surface area contributed by atoms with E-state index in [9.17, 15) is 19.5 Å². The van der Waals surface area contributed by atoms with Crippen LogP contribution < -0.4 is 20.8 Å². The molecule has 0 unspecified atom stereocenters. The Hall–Kier alpha value is -2.83. The molecule has 0 fully saturated rings. The number of amides is 1. The van der Waals surface area contributed by atoms with E-state index in [4.69, 9.17) is 9.15 Å². The van der Waals surface area contributed by atoms with Crippen molar-refractivity contribution in [3.05, 3.63) is 40.2 Å². The quantitative estimate of drug-likeness (QED) is 0.656. The zero-order valence-corrected chi connectivity index (χ0v) is 16.6. The van der Waals surface area contributed by atoms with Gasteiger partial charge >= 0.3 is 5.63 Å². The van der Waals surface area contributed by atoms with Gasteiger partial charge in [0.2, 0.25) is 0 Å². The fourth-order valence-electron chi connectivity index (χ4n) is 2.99. The maximum Gasteiger partial charge on any atom is 0.336 e. The van der Waals surface area contributed by atoms with Crippen LogP contribution in [0.1, 0.15) is 46.1 Å². The molecule has 0 saturated carbocycles. The van der Waals surface area contributed by atoms with Gasteiger partial charge in [-0.2, -0.15) is 0 Å². The molecule has 0 aliphatic rings. The van der Waals surface area contributed by atoms with Crippen LogP contribution in [0.3, 0.4) is 0 Å². The van der Waals surface area contributed by atoms with Gasteiger partial charge in [-0.25, -0.2) is 4.79 Å². The number of hydrogen-bond acceptors (Lipinski definition) is 6. The van der Waals surface area contributed by atoms with E-state index in [0.717, 1.165) is 23.8 Å². The van der Waals surface area contributed by atoms with Crippen molar-refractivity contribution in [1.82, 2.24) is 5.32 Å². The monoisotopic (exact) mass is 388 g/mol. The fourth-order valence-corrected chi connectivity index (χ4v) is 2.99. The highest BCUT2D eigenvalue weighted by molar-refractivity contribution is 5.86. The summed E-state index contributed by atoms with van der Waals surface area (Å²) in [5, 5.41) is 14.5. The molecule has 7 nitrogen and oxygen atoms in total. The summed E-state index contributed by atoms with van der Waals surface area (Å²) >= 11 is 0. The van der Waals surface area contributed by atoms with E-state index in [1.165, 1.54) is 13.0 Å². The Morgan fingerprint density at radius 3 is 2.54 bits per heavy atom. The molecule has 7 heteroatoms. The van der Waals surface area contributed by atoms with Gasteiger partial charge in [0.05, 0.1) is 12.0 Å². The van der Waals surface area contributed by atoms with Crippen LogP contribution in [0.2, 0.25) is 0 Å². The minimum Gasteiger partial charge on any atom is -0.548 e. The number of carboxylic acid groups (broad SMARTS) is 1. The summed E-state index contributed by atoms with van der Waals surface area (Å²) in [6.07, 6.45) is 0.977. The average molecular weight is 388 g/mol. The summed E-state index contributed by atoms with van der Waals surface area (Å²) in [6.45, 7) is 7.26. The van der Waals surface area contributed by atoms with Crippen molar-refractivity contribution in [2.24, 2.45) is 5.92 Å². The van der Waals surface area contributed by atoms with E-state index in [-0.39, 0.29) is 12.3 Å². The predicted molar refractivity (Wildman–Crippen MR) is 103 cm³/mol. The van der Waals surface area contributed by atoms with E-state index in [2.05, 4.69) is 5.32 Å². The van der Waals surface area contributed by atoms with Crippen LogP contribution in [0.4, 0.5) is 0 Å². The highest BCUT2D eigenvalue weighted by Crippen LogP contribution is 2.24. The second-order valence-corrected chi connectivity index (χ2v) is 7.27. The molecule has 1 aromatic heterocycles. The molecule has 1 amide bonds. The maximum atomic E-state index is 12.3. The van der Waals surface area contributed by atoms with Crippen molar-refractivity contribution in [1.29, 1.82) is 0 Å². The molecular weight excluding hydrogens is 362 g/mol. The molecule has 152 valence electrons. The number of aliphatic carboxylic acids is 1. The standard InChI is InChI=1S/C21H27NO6/c1-5-6-14-10-19(23)28-18-11-15(7-8-16(14)18)27-13(4)20(24)22-17(21(25)26)9-12(2)3/h7-8,10-13,17H,5-6,9H2,1-4H3,(H,22,24)(H,25,26)/p-1/t13-,17+/m1/s1. The Labute approximate surface area is 163 Å². The molecule has 1 N–H and O–H groups in total.